The molecule has 2 heterocycles. The SMILES string of the molecule is CCOc1ccc(NC(=O)CN2C(=O)S/C(=C\c3ccc(OCC(=O)N4CCOCC4)c(OC)c3)C2=O)cc1. The number of imide groups is 1. The number of nitrogens with one attached hydrogen (secondary N) is 1. The number of carbonyl (C=O) groups excluding carboxylic acids is 4. The molecule has 4 amide bonds. The first-order chi connectivity index (χ1) is 18.9. The van der Waals surface area contributed by atoms with Gasteiger partial charge in [0.1, 0.15) is 12.3 Å². The van der Waals surface area contributed by atoms with Gasteiger partial charge in [0.2, 0.25) is 5.91 Å². The number of carbonyl (C=O) groups is 4. The van der Waals surface area contributed by atoms with Gasteiger partial charge in [-0.2, -0.15) is 0 Å². The Morgan fingerprint density at radius 3 is 2.49 bits per heavy atom. The molecule has 2 aromatic carbocycles. The predicted octanol–water partition coefficient (Wildman–Crippen LogP) is 3.01. The van der Waals surface area contributed by atoms with Crippen LogP contribution in [0.4, 0.5) is 10.5 Å². The summed E-state index contributed by atoms with van der Waals surface area (Å²) in [7, 11) is 1.46. The lowest BCUT2D eigenvalue weighted by Crippen LogP contribution is -2.43. The van der Waals surface area contributed by atoms with E-state index in [0.717, 1.165) is 16.7 Å². The van der Waals surface area contributed by atoms with Crippen LogP contribution in [0.15, 0.2) is 47.4 Å². The van der Waals surface area contributed by atoms with Crippen LogP contribution in [0.1, 0.15) is 12.5 Å². The Labute approximate surface area is 230 Å². The summed E-state index contributed by atoms with van der Waals surface area (Å²) in [5.74, 6) is 0.191. The minimum atomic E-state index is -0.567. The van der Waals surface area contributed by atoms with Crippen LogP contribution in [-0.2, 0) is 19.1 Å². The second kappa shape index (κ2) is 13.2. The number of benzene rings is 2. The molecule has 0 aliphatic carbocycles. The largest absolute Gasteiger partial charge is 0.494 e. The lowest BCUT2D eigenvalue weighted by Gasteiger charge is -2.26. The summed E-state index contributed by atoms with van der Waals surface area (Å²) in [6.07, 6.45) is 1.54. The zero-order valence-electron chi connectivity index (χ0n) is 21.6. The second-order valence-electron chi connectivity index (χ2n) is 8.47. The number of nitrogens with zero attached hydrogens (tertiary/aromatic N) is 2. The standard InChI is InChI=1S/C27H29N3O8S/c1-3-37-20-7-5-19(6-8-20)28-24(31)16-30-26(33)23(39-27(30)34)15-18-4-9-21(22(14-18)35-2)38-17-25(32)29-10-12-36-13-11-29/h4-9,14-15H,3,10-13,16-17H2,1-2H3,(H,28,31)/b23-15-. The van der Waals surface area contributed by atoms with E-state index < -0.39 is 23.6 Å². The maximum Gasteiger partial charge on any atom is 0.294 e. The molecule has 2 aliphatic heterocycles. The number of hydrogen-bond acceptors (Lipinski definition) is 9. The van der Waals surface area contributed by atoms with Crippen molar-refractivity contribution in [3.8, 4) is 17.2 Å². The van der Waals surface area contributed by atoms with Gasteiger partial charge in [-0.25, -0.2) is 0 Å². The van der Waals surface area contributed by atoms with Gasteiger partial charge in [-0.3, -0.25) is 24.1 Å². The zero-order chi connectivity index (χ0) is 27.8. The molecule has 0 saturated carbocycles. The highest BCUT2D eigenvalue weighted by molar-refractivity contribution is 8.18. The fourth-order valence-corrected chi connectivity index (χ4v) is 4.71. The smallest absolute Gasteiger partial charge is 0.294 e. The van der Waals surface area contributed by atoms with Crippen LogP contribution >= 0.6 is 11.8 Å². The summed E-state index contributed by atoms with van der Waals surface area (Å²) >= 11 is 0.750. The molecule has 0 aromatic heterocycles. The first kappa shape index (κ1) is 28.0. The summed E-state index contributed by atoms with van der Waals surface area (Å²) in [6, 6.07) is 11.7. The zero-order valence-corrected chi connectivity index (χ0v) is 22.5. The van der Waals surface area contributed by atoms with Crippen molar-refractivity contribution in [2.75, 3.05) is 58.5 Å². The molecule has 2 aromatic rings. The average molecular weight is 556 g/mol. The Hall–Kier alpha value is -4.03. The van der Waals surface area contributed by atoms with E-state index in [0.29, 0.717) is 61.4 Å². The first-order valence-electron chi connectivity index (χ1n) is 12.3. The maximum absolute atomic E-state index is 12.9. The third kappa shape index (κ3) is 7.30. The quantitative estimate of drug-likeness (QED) is 0.441. The van der Waals surface area contributed by atoms with Crippen LogP contribution in [0.3, 0.4) is 0 Å². The molecule has 11 nitrogen and oxygen atoms in total. The second-order valence-corrected chi connectivity index (χ2v) is 9.46. The normalized spacial score (nSPS) is 16.4. The minimum Gasteiger partial charge on any atom is -0.494 e. The summed E-state index contributed by atoms with van der Waals surface area (Å²) in [4.78, 5) is 53.0. The molecule has 39 heavy (non-hydrogen) atoms. The fourth-order valence-electron chi connectivity index (χ4n) is 3.87. The monoisotopic (exact) mass is 555 g/mol. The molecular formula is C27H29N3O8S. The lowest BCUT2D eigenvalue weighted by atomic mass is 10.2. The van der Waals surface area contributed by atoms with Crippen LogP contribution in [0.2, 0.25) is 0 Å². The van der Waals surface area contributed by atoms with Gasteiger partial charge in [-0.15, -0.1) is 0 Å². The highest BCUT2D eigenvalue weighted by atomic mass is 32.2. The molecule has 0 unspecified atom stereocenters. The van der Waals surface area contributed by atoms with Crippen LogP contribution in [-0.4, -0.2) is 85.9 Å². The Morgan fingerprint density at radius 2 is 1.79 bits per heavy atom. The van der Waals surface area contributed by atoms with Gasteiger partial charge in [0.25, 0.3) is 17.1 Å². The molecule has 0 radical (unpaired) electrons. The molecule has 2 aliphatic rings. The maximum atomic E-state index is 12.9. The van der Waals surface area contributed by atoms with Crippen LogP contribution in [0.5, 0.6) is 17.2 Å². The Bertz CT molecular complexity index is 1260. The van der Waals surface area contributed by atoms with Crippen molar-refractivity contribution < 1.29 is 38.1 Å². The highest BCUT2D eigenvalue weighted by Crippen LogP contribution is 2.34. The van der Waals surface area contributed by atoms with Gasteiger partial charge in [0.15, 0.2) is 18.1 Å². The number of morpholine rings is 1. The van der Waals surface area contributed by atoms with Crippen LogP contribution < -0.4 is 19.5 Å². The van der Waals surface area contributed by atoms with E-state index in [1.165, 1.54) is 7.11 Å². The summed E-state index contributed by atoms with van der Waals surface area (Å²) < 4.78 is 21.7. The van der Waals surface area contributed by atoms with Crippen molar-refractivity contribution >= 4 is 46.5 Å². The Kier molecular flexibility index (Phi) is 9.45. The highest BCUT2D eigenvalue weighted by Gasteiger charge is 2.36. The number of thioether (sulfide) groups is 1. The third-order valence-corrected chi connectivity index (χ3v) is 6.73. The number of hydrogen-bond donors (Lipinski definition) is 1. The van der Waals surface area contributed by atoms with Gasteiger partial charge < -0.3 is 29.2 Å². The summed E-state index contributed by atoms with van der Waals surface area (Å²) in [6.45, 7) is 3.89. The summed E-state index contributed by atoms with van der Waals surface area (Å²) in [5, 5.41) is 2.13. The van der Waals surface area contributed by atoms with E-state index in [4.69, 9.17) is 18.9 Å². The van der Waals surface area contributed by atoms with E-state index in [2.05, 4.69) is 5.32 Å². The number of methoxy groups -OCH3 is 1. The van der Waals surface area contributed by atoms with Crippen molar-refractivity contribution in [1.29, 1.82) is 0 Å². The number of anilines is 1. The van der Waals surface area contributed by atoms with Gasteiger partial charge in [-0.05, 0) is 66.7 Å². The Balaban J connectivity index is 1.36. The molecule has 2 saturated heterocycles. The van der Waals surface area contributed by atoms with Crippen LogP contribution in [0, 0.1) is 0 Å². The Morgan fingerprint density at radius 1 is 1.05 bits per heavy atom. The fraction of sp³-hybridized carbons (Fsp3) is 0.333. The molecule has 12 heteroatoms. The van der Waals surface area contributed by atoms with E-state index in [-0.39, 0.29) is 17.4 Å². The number of rotatable bonds is 10. The van der Waals surface area contributed by atoms with Crippen LogP contribution in [0.25, 0.3) is 6.08 Å². The summed E-state index contributed by atoms with van der Waals surface area (Å²) in [5.41, 5.74) is 1.11. The van der Waals surface area contributed by atoms with Crippen molar-refractivity contribution in [3.05, 3.63) is 52.9 Å². The van der Waals surface area contributed by atoms with Crippen molar-refractivity contribution in [2.24, 2.45) is 0 Å². The molecule has 1 N–H and O–H groups in total. The van der Waals surface area contributed by atoms with Gasteiger partial charge in [0, 0.05) is 18.8 Å². The van der Waals surface area contributed by atoms with E-state index in [1.54, 1.807) is 53.4 Å². The minimum absolute atomic E-state index is 0.146. The van der Waals surface area contributed by atoms with Gasteiger partial charge in [0.05, 0.1) is 31.8 Å². The van der Waals surface area contributed by atoms with Crippen molar-refractivity contribution in [3.63, 3.8) is 0 Å². The van der Waals surface area contributed by atoms with Crippen molar-refractivity contribution in [2.45, 2.75) is 6.92 Å². The van der Waals surface area contributed by atoms with Crippen molar-refractivity contribution in [1.82, 2.24) is 9.80 Å². The molecule has 0 atom stereocenters. The topological polar surface area (TPSA) is 124 Å². The van der Waals surface area contributed by atoms with E-state index >= 15 is 0 Å². The molecule has 2 fully saturated rings. The molecule has 0 spiro atoms. The molecule has 4 rings (SSSR count). The average Bonchev–Trinajstić information content (AvgIpc) is 3.20. The van der Waals surface area contributed by atoms with Gasteiger partial charge >= 0.3 is 0 Å². The predicted molar refractivity (Wildman–Crippen MR) is 145 cm³/mol. The van der Waals surface area contributed by atoms with Gasteiger partial charge in [-0.1, -0.05) is 6.07 Å². The lowest BCUT2D eigenvalue weighted by molar-refractivity contribution is -0.137. The molecule has 0 bridgehead atoms. The number of ether oxygens (including phenoxy) is 4. The third-order valence-electron chi connectivity index (χ3n) is 5.82. The molecule has 206 valence electrons. The molecular weight excluding hydrogens is 526 g/mol. The number of amides is 4. The van der Waals surface area contributed by atoms with E-state index in [1.807, 2.05) is 6.92 Å². The van der Waals surface area contributed by atoms with E-state index in [9.17, 15) is 19.2 Å². The first-order valence-corrected chi connectivity index (χ1v) is 13.1.